The maximum absolute atomic E-state index is 12.2. The van der Waals surface area contributed by atoms with E-state index >= 15 is 0 Å². The summed E-state index contributed by atoms with van der Waals surface area (Å²) in [5, 5.41) is 27.5. The van der Waals surface area contributed by atoms with Crippen molar-refractivity contribution < 1.29 is 9.90 Å². The quantitative estimate of drug-likeness (QED) is 0.656. The van der Waals surface area contributed by atoms with E-state index in [0.717, 1.165) is 5.69 Å². The van der Waals surface area contributed by atoms with Gasteiger partial charge >= 0.3 is 0 Å². The fourth-order valence-corrected chi connectivity index (χ4v) is 1.96. The van der Waals surface area contributed by atoms with E-state index in [9.17, 15) is 15.2 Å². The van der Waals surface area contributed by atoms with Crippen LogP contribution in [0.5, 0.6) is 0 Å². The molecule has 116 valence electrons. The number of rotatable bonds is 5. The van der Waals surface area contributed by atoms with Crippen molar-refractivity contribution in [3.63, 3.8) is 0 Å². The number of amides is 1. The van der Waals surface area contributed by atoms with Crippen molar-refractivity contribution in [1.29, 1.82) is 10.5 Å². The molecule has 1 aromatic heterocycles. The molecule has 1 amide bonds. The molecule has 22 heavy (non-hydrogen) atoms. The second-order valence-electron chi connectivity index (χ2n) is 5.28. The molecular weight excluding hydrogens is 280 g/mol. The van der Waals surface area contributed by atoms with E-state index in [0.29, 0.717) is 24.2 Å². The summed E-state index contributed by atoms with van der Waals surface area (Å²) in [5.41, 5.74) is 1.96. The van der Waals surface area contributed by atoms with Crippen LogP contribution in [0.15, 0.2) is 11.6 Å². The molecule has 1 N–H and O–H groups in total. The summed E-state index contributed by atoms with van der Waals surface area (Å²) in [7, 11) is 3.35. The smallest absolute Gasteiger partial charge is 0.264 e. The molecule has 6 heteroatoms. The van der Waals surface area contributed by atoms with Crippen molar-refractivity contribution in [2.75, 3.05) is 13.6 Å². The summed E-state index contributed by atoms with van der Waals surface area (Å²) >= 11 is 0. The summed E-state index contributed by atoms with van der Waals surface area (Å²) in [6.45, 7) is 3.84. The third-order valence-electron chi connectivity index (χ3n) is 3.57. The van der Waals surface area contributed by atoms with Crippen LogP contribution in [0.3, 0.4) is 0 Å². The van der Waals surface area contributed by atoms with Gasteiger partial charge in [-0.25, -0.2) is 0 Å². The number of nitriles is 2. The summed E-state index contributed by atoms with van der Waals surface area (Å²) in [6.07, 6.45) is 1.45. The molecule has 0 aliphatic heterocycles. The predicted molar refractivity (Wildman–Crippen MR) is 82.4 cm³/mol. The normalized spacial score (nSPS) is 12.4. The minimum absolute atomic E-state index is 0.00582. The molecule has 1 heterocycles. The first-order valence-electron chi connectivity index (χ1n) is 6.93. The van der Waals surface area contributed by atoms with Gasteiger partial charge in [-0.2, -0.15) is 10.5 Å². The highest BCUT2D eigenvalue weighted by Crippen LogP contribution is 2.17. The molecule has 6 nitrogen and oxygen atoms in total. The lowest BCUT2D eigenvalue weighted by molar-refractivity contribution is -0.125. The summed E-state index contributed by atoms with van der Waals surface area (Å²) in [4.78, 5) is 13.7. The third kappa shape index (κ3) is 3.97. The van der Waals surface area contributed by atoms with Gasteiger partial charge in [-0.1, -0.05) is 0 Å². The van der Waals surface area contributed by atoms with Crippen LogP contribution in [0.4, 0.5) is 0 Å². The zero-order valence-corrected chi connectivity index (χ0v) is 13.3. The zero-order valence-electron chi connectivity index (χ0n) is 13.3. The van der Waals surface area contributed by atoms with E-state index in [4.69, 9.17) is 5.26 Å². The molecule has 0 fully saturated rings. The number of aliphatic hydroxyl groups is 1. The highest BCUT2D eigenvalue weighted by molar-refractivity contribution is 6.01. The van der Waals surface area contributed by atoms with Crippen LogP contribution in [-0.2, 0) is 11.8 Å². The van der Waals surface area contributed by atoms with Gasteiger partial charge in [-0.3, -0.25) is 4.79 Å². The molecule has 1 unspecified atom stereocenters. The Bertz CT molecular complexity index is 672. The highest BCUT2D eigenvalue weighted by atomic mass is 16.3. The second kappa shape index (κ2) is 7.44. The number of carbonyl (C=O) groups excluding carboxylic acids is 1. The van der Waals surface area contributed by atoms with Crippen LogP contribution in [0.25, 0.3) is 6.08 Å². The van der Waals surface area contributed by atoms with E-state index in [-0.39, 0.29) is 5.57 Å². The van der Waals surface area contributed by atoms with E-state index in [2.05, 4.69) is 6.07 Å². The van der Waals surface area contributed by atoms with Crippen molar-refractivity contribution in [2.45, 2.75) is 26.4 Å². The molecule has 0 radical (unpaired) electrons. The second-order valence-corrected chi connectivity index (χ2v) is 5.28. The molecule has 0 spiro atoms. The van der Waals surface area contributed by atoms with Gasteiger partial charge in [-0.05, 0) is 38.0 Å². The lowest BCUT2D eigenvalue weighted by Crippen LogP contribution is -2.30. The first kappa shape index (κ1) is 17.5. The van der Waals surface area contributed by atoms with E-state index < -0.39 is 12.0 Å². The Kier molecular flexibility index (Phi) is 5.91. The highest BCUT2D eigenvalue weighted by Gasteiger charge is 2.16. The Balaban J connectivity index is 3.04. The lowest BCUT2D eigenvalue weighted by Gasteiger charge is -2.17. The summed E-state index contributed by atoms with van der Waals surface area (Å²) in [5.74, 6) is -0.398. The average molecular weight is 300 g/mol. The fraction of sp³-hybridized carbons (Fsp3) is 0.438. The largest absolute Gasteiger partial charge is 0.393 e. The van der Waals surface area contributed by atoms with Gasteiger partial charge < -0.3 is 14.6 Å². The molecule has 0 saturated heterocycles. The van der Waals surface area contributed by atoms with E-state index in [1.165, 1.54) is 11.0 Å². The number of nitrogens with zero attached hydrogens (tertiary/aromatic N) is 4. The van der Waals surface area contributed by atoms with Crippen LogP contribution in [0, 0.1) is 29.6 Å². The van der Waals surface area contributed by atoms with Crippen LogP contribution < -0.4 is 0 Å². The standard InChI is InChI=1S/C16H20N4O2/c1-11(21)5-6-19(3)16(22)14(9-17)7-13-8-15(10-18)20(4)12(13)2/h7-8,11,21H,5-6H2,1-4H3/b14-7+. The number of hydrogen-bond acceptors (Lipinski definition) is 4. The van der Waals surface area contributed by atoms with Gasteiger partial charge in [0.2, 0.25) is 0 Å². The summed E-state index contributed by atoms with van der Waals surface area (Å²) in [6, 6.07) is 5.62. The number of aliphatic hydroxyl groups excluding tert-OH is 1. The molecule has 0 aromatic carbocycles. The molecule has 0 saturated carbocycles. The van der Waals surface area contributed by atoms with Gasteiger partial charge in [-0.15, -0.1) is 0 Å². The average Bonchev–Trinajstić information content (AvgIpc) is 2.76. The number of hydrogen-bond donors (Lipinski definition) is 1. The number of likely N-dealkylation sites (N-methyl/N-ethyl adjacent to an activating group) is 1. The molecule has 0 aliphatic carbocycles. The minimum atomic E-state index is -0.501. The minimum Gasteiger partial charge on any atom is -0.393 e. The maximum Gasteiger partial charge on any atom is 0.264 e. The maximum atomic E-state index is 12.2. The van der Waals surface area contributed by atoms with Crippen LogP contribution in [-0.4, -0.2) is 40.2 Å². The van der Waals surface area contributed by atoms with Crippen molar-refractivity contribution in [3.8, 4) is 12.1 Å². The van der Waals surface area contributed by atoms with Gasteiger partial charge in [0.15, 0.2) is 0 Å². The SMILES string of the molecule is Cc1c(/C=C(\C#N)C(=O)N(C)CCC(C)O)cc(C#N)n1C. The molecule has 1 aromatic rings. The predicted octanol–water partition coefficient (Wildman–Crippen LogP) is 1.34. The van der Waals surface area contributed by atoms with Crippen LogP contribution >= 0.6 is 0 Å². The first-order valence-corrected chi connectivity index (χ1v) is 6.93. The Labute approximate surface area is 130 Å². The van der Waals surface area contributed by atoms with Gasteiger partial charge in [0.25, 0.3) is 5.91 Å². The van der Waals surface area contributed by atoms with Crippen molar-refractivity contribution in [1.82, 2.24) is 9.47 Å². The number of aromatic nitrogens is 1. The van der Waals surface area contributed by atoms with Gasteiger partial charge in [0.05, 0.1) is 6.10 Å². The monoisotopic (exact) mass is 300 g/mol. The van der Waals surface area contributed by atoms with Crippen molar-refractivity contribution >= 4 is 12.0 Å². The molecular formula is C16H20N4O2. The Morgan fingerprint density at radius 3 is 2.64 bits per heavy atom. The Hall–Kier alpha value is -2.57. The Morgan fingerprint density at radius 1 is 1.55 bits per heavy atom. The van der Waals surface area contributed by atoms with Gasteiger partial charge in [0.1, 0.15) is 23.4 Å². The Morgan fingerprint density at radius 2 is 2.18 bits per heavy atom. The topological polar surface area (TPSA) is 93.1 Å². The molecule has 1 rings (SSSR count). The third-order valence-corrected chi connectivity index (χ3v) is 3.57. The molecule has 0 aliphatic rings. The number of carbonyl (C=O) groups is 1. The van der Waals surface area contributed by atoms with Gasteiger partial charge in [0, 0.05) is 26.3 Å². The lowest BCUT2D eigenvalue weighted by atomic mass is 10.1. The van der Waals surface area contributed by atoms with Crippen molar-refractivity contribution in [2.24, 2.45) is 7.05 Å². The molecule has 1 atom stereocenters. The van der Waals surface area contributed by atoms with Crippen LogP contribution in [0.2, 0.25) is 0 Å². The van der Waals surface area contributed by atoms with Crippen molar-refractivity contribution in [3.05, 3.63) is 28.6 Å². The zero-order chi connectivity index (χ0) is 16.9. The van der Waals surface area contributed by atoms with E-state index in [1.807, 2.05) is 13.0 Å². The van der Waals surface area contributed by atoms with E-state index in [1.54, 1.807) is 31.7 Å². The first-order chi connectivity index (χ1) is 10.3. The van der Waals surface area contributed by atoms with Crippen LogP contribution in [0.1, 0.15) is 30.3 Å². The fourth-order valence-electron chi connectivity index (χ4n) is 1.96. The summed E-state index contributed by atoms with van der Waals surface area (Å²) < 4.78 is 1.71. The molecule has 0 bridgehead atoms.